The first kappa shape index (κ1) is 20.7. The number of fused-ring (bicyclic) bond motifs is 1. The van der Waals surface area contributed by atoms with Gasteiger partial charge in [-0.1, -0.05) is 15.9 Å². The van der Waals surface area contributed by atoms with Gasteiger partial charge in [0.25, 0.3) is 5.91 Å². The molecular weight excluding hydrogens is 462 g/mol. The van der Waals surface area contributed by atoms with Gasteiger partial charge in [0.1, 0.15) is 11.3 Å². The van der Waals surface area contributed by atoms with Crippen molar-refractivity contribution in [2.24, 2.45) is 0 Å². The number of halogens is 1. The smallest absolute Gasteiger partial charge is 0.255 e. The molecule has 0 atom stereocenters. The van der Waals surface area contributed by atoms with Crippen LogP contribution in [0.5, 0.6) is 11.5 Å². The lowest BCUT2D eigenvalue weighted by Gasteiger charge is -2.10. The van der Waals surface area contributed by atoms with Crippen LogP contribution in [0.4, 0.5) is 5.69 Å². The Morgan fingerprint density at radius 3 is 2.35 bits per heavy atom. The Kier molecular flexibility index (Phi) is 5.77. The number of ether oxygens (including phenoxy) is 2. The average molecular weight is 480 g/mol. The third kappa shape index (κ3) is 4.32. The highest BCUT2D eigenvalue weighted by Crippen LogP contribution is 2.33. The summed E-state index contributed by atoms with van der Waals surface area (Å²) in [5.41, 5.74) is 1.90. The number of carbonyl (C=O) groups excluding carboxylic acids is 1. The van der Waals surface area contributed by atoms with E-state index < -0.39 is 0 Å². The molecule has 0 aliphatic heterocycles. The number of nitrogens with one attached hydrogen (secondary N) is 1. The number of anilines is 1. The third-order valence-corrected chi connectivity index (χ3v) is 5.29. The number of benzene rings is 3. The van der Waals surface area contributed by atoms with Crippen LogP contribution >= 0.6 is 15.9 Å². The summed E-state index contributed by atoms with van der Waals surface area (Å²) in [5, 5.41) is 3.18. The average Bonchev–Trinajstić information content (AvgIpc) is 2.79. The third-order valence-electron chi connectivity index (χ3n) is 4.76. The van der Waals surface area contributed by atoms with Gasteiger partial charge in [0, 0.05) is 27.4 Å². The summed E-state index contributed by atoms with van der Waals surface area (Å²) in [4.78, 5) is 25.2. The van der Waals surface area contributed by atoms with Crippen LogP contribution in [0.15, 0.2) is 80.4 Å². The molecule has 3 aromatic carbocycles. The van der Waals surface area contributed by atoms with E-state index in [4.69, 9.17) is 13.9 Å². The number of rotatable bonds is 5. The standard InChI is InChI=1S/C24H18BrNO5/c1-29-21-9-5-15(11-23(21)30-2)22-13-19(27)18-12-17(8-10-20(18)31-22)26-24(28)14-3-6-16(25)7-4-14/h3-13H,1-2H3,(H,26,28). The van der Waals surface area contributed by atoms with E-state index in [1.807, 2.05) is 0 Å². The minimum atomic E-state index is -0.266. The van der Waals surface area contributed by atoms with Crippen molar-refractivity contribution in [1.82, 2.24) is 0 Å². The maximum absolute atomic E-state index is 12.8. The number of hydrogen-bond acceptors (Lipinski definition) is 5. The highest BCUT2D eigenvalue weighted by Gasteiger charge is 2.12. The Hall–Kier alpha value is -3.58. The van der Waals surface area contributed by atoms with Gasteiger partial charge in [0.2, 0.25) is 0 Å². The monoisotopic (exact) mass is 479 g/mol. The van der Waals surface area contributed by atoms with Gasteiger partial charge in [-0.25, -0.2) is 0 Å². The second-order valence-corrected chi connectivity index (χ2v) is 7.63. The molecule has 0 aliphatic carbocycles. The molecule has 156 valence electrons. The fraction of sp³-hybridized carbons (Fsp3) is 0.0833. The molecule has 1 amide bonds. The topological polar surface area (TPSA) is 77.8 Å². The highest BCUT2D eigenvalue weighted by atomic mass is 79.9. The van der Waals surface area contributed by atoms with Gasteiger partial charge < -0.3 is 19.2 Å². The molecule has 0 unspecified atom stereocenters. The molecule has 0 radical (unpaired) electrons. The normalized spacial score (nSPS) is 10.7. The maximum Gasteiger partial charge on any atom is 0.255 e. The Balaban J connectivity index is 1.66. The van der Waals surface area contributed by atoms with Crippen molar-refractivity contribution in [2.75, 3.05) is 19.5 Å². The molecule has 0 bridgehead atoms. The minimum Gasteiger partial charge on any atom is -0.493 e. The van der Waals surface area contributed by atoms with Crippen LogP contribution < -0.4 is 20.2 Å². The molecule has 0 saturated carbocycles. The Labute approximate surface area is 186 Å². The summed E-state index contributed by atoms with van der Waals surface area (Å²) in [7, 11) is 3.10. The van der Waals surface area contributed by atoms with Crippen LogP contribution in [0.3, 0.4) is 0 Å². The molecule has 1 heterocycles. The van der Waals surface area contributed by atoms with Gasteiger partial charge in [-0.15, -0.1) is 0 Å². The van der Waals surface area contributed by atoms with Crippen molar-refractivity contribution in [3.05, 3.63) is 87.0 Å². The summed E-state index contributed by atoms with van der Waals surface area (Å²) in [5.74, 6) is 1.26. The maximum atomic E-state index is 12.8. The molecule has 6 nitrogen and oxygen atoms in total. The van der Waals surface area contributed by atoms with E-state index in [1.165, 1.54) is 6.07 Å². The predicted octanol–water partition coefficient (Wildman–Crippen LogP) is 5.49. The Morgan fingerprint density at radius 1 is 0.903 bits per heavy atom. The van der Waals surface area contributed by atoms with Gasteiger partial charge >= 0.3 is 0 Å². The summed E-state index contributed by atoms with van der Waals surface area (Å²) in [6, 6.07) is 18.7. The van der Waals surface area contributed by atoms with Crippen LogP contribution in [0.1, 0.15) is 10.4 Å². The zero-order valence-corrected chi connectivity index (χ0v) is 18.4. The quantitative estimate of drug-likeness (QED) is 0.409. The lowest BCUT2D eigenvalue weighted by molar-refractivity contribution is 0.102. The van der Waals surface area contributed by atoms with Crippen molar-refractivity contribution in [1.29, 1.82) is 0 Å². The van der Waals surface area contributed by atoms with E-state index in [-0.39, 0.29) is 11.3 Å². The fourth-order valence-corrected chi connectivity index (χ4v) is 3.43. The molecule has 1 N–H and O–H groups in total. The van der Waals surface area contributed by atoms with Crippen LogP contribution in [0.25, 0.3) is 22.3 Å². The SMILES string of the molecule is COc1ccc(-c2cc(=O)c3cc(NC(=O)c4ccc(Br)cc4)ccc3o2)cc1OC. The van der Waals surface area contributed by atoms with Gasteiger partial charge in [-0.3, -0.25) is 9.59 Å². The van der Waals surface area contributed by atoms with Crippen molar-refractivity contribution in [3.63, 3.8) is 0 Å². The minimum absolute atomic E-state index is 0.217. The molecule has 0 saturated heterocycles. The Morgan fingerprint density at radius 2 is 1.65 bits per heavy atom. The van der Waals surface area contributed by atoms with Crippen LogP contribution in [-0.4, -0.2) is 20.1 Å². The molecular formula is C24H18BrNO5. The first-order valence-electron chi connectivity index (χ1n) is 9.36. The van der Waals surface area contributed by atoms with Crippen LogP contribution in [0, 0.1) is 0 Å². The van der Waals surface area contributed by atoms with Gasteiger partial charge in [-0.05, 0) is 60.7 Å². The predicted molar refractivity (Wildman–Crippen MR) is 123 cm³/mol. The second-order valence-electron chi connectivity index (χ2n) is 6.72. The van der Waals surface area contributed by atoms with E-state index >= 15 is 0 Å². The van der Waals surface area contributed by atoms with E-state index in [2.05, 4.69) is 21.2 Å². The fourth-order valence-electron chi connectivity index (χ4n) is 3.17. The van der Waals surface area contributed by atoms with E-state index in [1.54, 1.807) is 74.9 Å². The van der Waals surface area contributed by atoms with Gasteiger partial charge in [-0.2, -0.15) is 0 Å². The van der Waals surface area contributed by atoms with Crippen LogP contribution in [0.2, 0.25) is 0 Å². The number of amides is 1. The molecule has 1 aromatic heterocycles. The molecule has 31 heavy (non-hydrogen) atoms. The lowest BCUT2D eigenvalue weighted by Crippen LogP contribution is -2.12. The zero-order valence-electron chi connectivity index (χ0n) is 16.8. The highest BCUT2D eigenvalue weighted by molar-refractivity contribution is 9.10. The second kappa shape index (κ2) is 8.65. The summed E-state index contributed by atoms with van der Waals surface area (Å²) in [6.45, 7) is 0. The van der Waals surface area contributed by atoms with Crippen molar-refractivity contribution >= 4 is 38.5 Å². The van der Waals surface area contributed by atoms with Crippen molar-refractivity contribution < 1.29 is 18.7 Å². The molecule has 0 spiro atoms. The largest absolute Gasteiger partial charge is 0.493 e. The zero-order chi connectivity index (χ0) is 22.0. The van der Waals surface area contributed by atoms with Crippen LogP contribution in [-0.2, 0) is 0 Å². The Bertz CT molecular complexity index is 1330. The van der Waals surface area contributed by atoms with Crippen molar-refractivity contribution in [2.45, 2.75) is 0 Å². The first-order chi connectivity index (χ1) is 15.0. The van der Waals surface area contributed by atoms with Gasteiger partial charge in [0.15, 0.2) is 16.9 Å². The van der Waals surface area contributed by atoms with E-state index in [0.717, 1.165) is 4.47 Å². The molecule has 0 fully saturated rings. The van der Waals surface area contributed by atoms with E-state index in [9.17, 15) is 9.59 Å². The number of carbonyl (C=O) groups is 1. The number of methoxy groups -OCH3 is 2. The first-order valence-corrected chi connectivity index (χ1v) is 10.1. The van der Waals surface area contributed by atoms with E-state index in [0.29, 0.717) is 45.0 Å². The summed E-state index contributed by atoms with van der Waals surface area (Å²) < 4.78 is 17.4. The molecule has 4 rings (SSSR count). The molecule has 7 heteroatoms. The van der Waals surface area contributed by atoms with Gasteiger partial charge in [0.05, 0.1) is 19.6 Å². The summed E-state index contributed by atoms with van der Waals surface area (Å²) in [6.07, 6.45) is 0. The summed E-state index contributed by atoms with van der Waals surface area (Å²) >= 11 is 3.34. The molecule has 4 aromatic rings. The van der Waals surface area contributed by atoms with Crippen molar-refractivity contribution in [3.8, 4) is 22.8 Å². The number of hydrogen-bond donors (Lipinski definition) is 1. The molecule has 0 aliphatic rings. The lowest BCUT2D eigenvalue weighted by atomic mass is 10.1.